The average molecular weight is 404 g/mol. The van der Waals surface area contributed by atoms with Crippen LogP contribution in [0, 0.1) is 19.8 Å². The molecule has 0 radical (unpaired) electrons. The van der Waals surface area contributed by atoms with Gasteiger partial charge in [0.1, 0.15) is 5.76 Å². The summed E-state index contributed by atoms with van der Waals surface area (Å²) < 4.78 is 5.72. The number of nitrogens with zero attached hydrogens (tertiary/aromatic N) is 3. The molecule has 2 N–H and O–H groups in total. The van der Waals surface area contributed by atoms with E-state index in [1.165, 1.54) is 17.7 Å². The lowest BCUT2D eigenvalue weighted by atomic mass is 9.97. The maximum Gasteiger partial charge on any atom is 0.208 e. The van der Waals surface area contributed by atoms with Gasteiger partial charge in [0, 0.05) is 30.9 Å². The van der Waals surface area contributed by atoms with Gasteiger partial charge in [-0.15, -0.1) is 11.3 Å². The Kier molecular flexibility index (Phi) is 7.50. The highest BCUT2D eigenvalue weighted by atomic mass is 32.1. The lowest BCUT2D eigenvalue weighted by molar-refractivity contribution is 0.164. The predicted molar refractivity (Wildman–Crippen MR) is 116 cm³/mol. The molecule has 0 saturated carbocycles. The fourth-order valence-corrected chi connectivity index (χ4v) is 4.32. The summed E-state index contributed by atoms with van der Waals surface area (Å²) in [4.78, 5) is 12.7. The first-order chi connectivity index (χ1) is 13.5. The molecule has 0 aliphatic carbocycles. The van der Waals surface area contributed by atoms with Crippen molar-refractivity contribution in [1.29, 1.82) is 0 Å². The first-order valence-corrected chi connectivity index (χ1v) is 11.1. The van der Waals surface area contributed by atoms with Crippen molar-refractivity contribution in [3.05, 3.63) is 39.7 Å². The normalized spacial score (nSPS) is 17.6. The standard InChI is InChI=1S/C21H33N5OS/c1-15(19-6-5-11-28-19)12-23-21(22-4)24-13-18-7-9-26(10-8-18)14-20-25-16(2)17(3)27-20/h5-6,11,15,18H,7-10,12-14H2,1-4H3,(H2,22,23,24). The van der Waals surface area contributed by atoms with Gasteiger partial charge in [0.15, 0.2) is 5.96 Å². The van der Waals surface area contributed by atoms with Gasteiger partial charge < -0.3 is 15.1 Å². The second-order valence-electron chi connectivity index (χ2n) is 7.72. The first kappa shape index (κ1) is 20.9. The van der Waals surface area contributed by atoms with Crippen LogP contribution in [-0.4, -0.2) is 49.1 Å². The zero-order valence-electron chi connectivity index (χ0n) is 17.5. The minimum absolute atomic E-state index is 0.490. The molecule has 1 fully saturated rings. The number of likely N-dealkylation sites (tertiary alicyclic amines) is 1. The Bertz CT molecular complexity index is 727. The van der Waals surface area contributed by atoms with Crippen molar-refractivity contribution >= 4 is 17.3 Å². The van der Waals surface area contributed by atoms with Crippen LogP contribution < -0.4 is 10.6 Å². The molecule has 0 bridgehead atoms. The lowest BCUT2D eigenvalue weighted by Gasteiger charge is -2.31. The highest BCUT2D eigenvalue weighted by molar-refractivity contribution is 7.10. The Morgan fingerprint density at radius 2 is 2.14 bits per heavy atom. The van der Waals surface area contributed by atoms with Crippen LogP contribution in [0.2, 0.25) is 0 Å². The summed E-state index contributed by atoms with van der Waals surface area (Å²) in [7, 11) is 1.84. The van der Waals surface area contributed by atoms with E-state index in [2.05, 4.69) is 49.9 Å². The topological polar surface area (TPSA) is 65.7 Å². The van der Waals surface area contributed by atoms with Gasteiger partial charge in [-0.2, -0.15) is 0 Å². The number of piperidine rings is 1. The number of hydrogen-bond donors (Lipinski definition) is 2. The van der Waals surface area contributed by atoms with Gasteiger partial charge in [0.2, 0.25) is 5.89 Å². The minimum Gasteiger partial charge on any atom is -0.444 e. The van der Waals surface area contributed by atoms with Gasteiger partial charge in [-0.1, -0.05) is 13.0 Å². The lowest BCUT2D eigenvalue weighted by Crippen LogP contribution is -2.43. The molecule has 0 spiro atoms. The predicted octanol–water partition coefficient (Wildman–Crippen LogP) is 3.53. The highest BCUT2D eigenvalue weighted by Gasteiger charge is 2.21. The van der Waals surface area contributed by atoms with Crippen LogP contribution in [0.3, 0.4) is 0 Å². The summed E-state index contributed by atoms with van der Waals surface area (Å²) in [5.74, 6) is 3.84. The van der Waals surface area contributed by atoms with E-state index < -0.39 is 0 Å². The first-order valence-electron chi connectivity index (χ1n) is 10.2. The van der Waals surface area contributed by atoms with E-state index in [4.69, 9.17) is 4.42 Å². The van der Waals surface area contributed by atoms with E-state index >= 15 is 0 Å². The third kappa shape index (κ3) is 5.82. The Hall–Kier alpha value is -1.86. The molecule has 1 atom stereocenters. The molecule has 1 saturated heterocycles. The highest BCUT2D eigenvalue weighted by Crippen LogP contribution is 2.20. The second-order valence-corrected chi connectivity index (χ2v) is 8.70. The molecule has 3 heterocycles. The molecule has 1 aliphatic rings. The van der Waals surface area contributed by atoms with Crippen LogP contribution >= 0.6 is 11.3 Å². The van der Waals surface area contributed by atoms with E-state index in [-0.39, 0.29) is 0 Å². The van der Waals surface area contributed by atoms with E-state index in [0.29, 0.717) is 11.8 Å². The number of rotatable bonds is 7. The maximum atomic E-state index is 5.72. The number of aryl methyl sites for hydroxylation is 2. The molecule has 0 amide bonds. The molecule has 7 heteroatoms. The van der Waals surface area contributed by atoms with Crippen molar-refractivity contribution in [3.63, 3.8) is 0 Å². The molecular weight excluding hydrogens is 370 g/mol. The summed E-state index contributed by atoms with van der Waals surface area (Å²) in [5, 5.41) is 9.10. The van der Waals surface area contributed by atoms with Crippen LogP contribution in [0.1, 0.15) is 47.9 Å². The smallest absolute Gasteiger partial charge is 0.208 e. The van der Waals surface area contributed by atoms with E-state index in [9.17, 15) is 0 Å². The second kappa shape index (κ2) is 10.1. The molecule has 6 nitrogen and oxygen atoms in total. The monoisotopic (exact) mass is 403 g/mol. The molecule has 1 unspecified atom stereocenters. The van der Waals surface area contributed by atoms with E-state index in [1.807, 2.05) is 32.2 Å². The summed E-state index contributed by atoms with van der Waals surface area (Å²) in [5.41, 5.74) is 1.00. The maximum absolute atomic E-state index is 5.72. The van der Waals surface area contributed by atoms with Gasteiger partial charge in [-0.05, 0) is 57.1 Å². The van der Waals surface area contributed by atoms with Crippen LogP contribution in [-0.2, 0) is 6.54 Å². The number of oxazole rings is 1. The summed E-state index contributed by atoms with van der Waals surface area (Å²) >= 11 is 1.81. The third-order valence-electron chi connectivity index (χ3n) is 5.53. The SMILES string of the molecule is CN=C(NCC1CCN(Cc2nc(C)c(C)o2)CC1)NCC(C)c1cccs1. The van der Waals surface area contributed by atoms with Crippen molar-refractivity contribution in [2.75, 3.05) is 33.2 Å². The summed E-state index contributed by atoms with van der Waals surface area (Å²) in [6.07, 6.45) is 2.38. The van der Waals surface area contributed by atoms with E-state index in [0.717, 1.165) is 56.0 Å². The van der Waals surface area contributed by atoms with Gasteiger partial charge >= 0.3 is 0 Å². The number of guanidine groups is 1. The summed E-state index contributed by atoms with van der Waals surface area (Å²) in [6.45, 7) is 11.1. The zero-order valence-corrected chi connectivity index (χ0v) is 18.3. The van der Waals surface area contributed by atoms with Crippen molar-refractivity contribution in [3.8, 4) is 0 Å². The summed E-state index contributed by atoms with van der Waals surface area (Å²) in [6, 6.07) is 4.31. The zero-order chi connectivity index (χ0) is 19.9. The van der Waals surface area contributed by atoms with Gasteiger partial charge in [-0.25, -0.2) is 4.98 Å². The molecular formula is C21H33N5OS. The van der Waals surface area contributed by atoms with Crippen molar-refractivity contribution in [2.45, 2.75) is 46.1 Å². The fourth-order valence-electron chi connectivity index (χ4n) is 3.53. The van der Waals surface area contributed by atoms with Gasteiger partial charge in [0.05, 0.1) is 12.2 Å². The number of aromatic nitrogens is 1. The average Bonchev–Trinajstić information content (AvgIpc) is 3.33. The van der Waals surface area contributed by atoms with Crippen molar-refractivity contribution in [1.82, 2.24) is 20.5 Å². The molecule has 154 valence electrons. The number of aliphatic imine (C=N–C) groups is 1. The van der Waals surface area contributed by atoms with E-state index in [1.54, 1.807) is 0 Å². The number of hydrogen-bond acceptors (Lipinski definition) is 5. The fraction of sp³-hybridized carbons (Fsp3) is 0.619. The van der Waals surface area contributed by atoms with Crippen molar-refractivity contribution < 1.29 is 4.42 Å². The Morgan fingerprint density at radius 3 is 2.75 bits per heavy atom. The van der Waals surface area contributed by atoms with Crippen LogP contribution in [0.4, 0.5) is 0 Å². The van der Waals surface area contributed by atoms with Crippen LogP contribution in [0.25, 0.3) is 0 Å². The Balaban J connectivity index is 1.35. The van der Waals surface area contributed by atoms with Gasteiger partial charge in [-0.3, -0.25) is 9.89 Å². The van der Waals surface area contributed by atoms with Gasteiger partial charge in [0.25, 0.3) is 0 Å². The molecule has 3 rings (SSSR count). The molecule has 0 aromatic carbocycles. The number of nitrogens with one attached hydrogen (secondary N) is 2. The largest absolute Gasteiger partial charge is 0.444 e. The van der Waals surface area contributed by atoms with Crippen molar-refractivity contribution in [2.24, 2.45) is 10.9 Å². The molecule has 2 aromatic heterocycles. The molecule has 28 heavy (non-hydrogen) atoms. The molecule has 2 aromatic rings. The Morgan fingerprint density at radius 1 is 1.36 bits per heavy atom. The number of thiophene rings is 1. The third-order valence-corrected chi connectivity index (χ3v) is 6.63. The van der Waals surface area contributed by atoms with Crippen LogP contribution in [0.15, 0.2) is 26.9 Å². The van der Waals surface area contributed by atoms with Crippen LogP contribution in [0.5, 0.6) is 0 Å². The minimum atomic E-state index is 0.490. The molecule has 1 aliphatic heterocycles. The Labute approximate surface area is 172 Å². The quantitative estimate of drug-likeness (QED) is 0.547.